The lowest BCUT2D eigenvalue weighted by Crippen LogP contribution is -2.12. The van der Waals surface area contributed by atoms with Crippen molar-refractivity contribution in [1.29, 1.82) is 0 Å². The molecule has 128 valence electrons. The quantitative estimate of drug-likeness (QED) is 0.511. The second kappa shape index (κ2) is 7.35. The molecule has 0 aliphatic heterocycles. The minimum atomic E-state index is -0.453. The van der Waals surface area contributed by atoms with Crippen LogP contribution in [0.25, 0.3) is 11.4 Å². The summed E-state index contributed by atoms with van der Waals surface area (Å²) in [5.74, 6) is 6.70. The Morgan fingerprint density at radius 3 is 2.48 bits per heavy atom. The first kappa shape index (κ1) is 17.6. The molecule has 0 aliphatic rings. The number of hydrogen-bond donors (Lipinski definition) is 2. The van der Waals surface area contributed by atoms with Gasteiger partial charge in [-0.3, -0.25) is 4.79 Å². The molecule has 0 saturated carbocycles. The van der Waals surface area contributed by atoms with Gasteiger partial charge in [-0.05, 0) is 35.9 Å². The maximum atomic E-state index is 11.1. The summed E-state index contributed by atoms with van der Waals surface area (Å²) >= 11 is 13.5. The Morgan fingerprint density at radius 2 is 1.84 bits per heavy atom. The van der Waals surface area contributed by atoms with Crippen LogP contribution in [0.4, 0.5) is 0 Å². The van der Waals surface area contributed by atoms with Crippen LogP contribution in [0.5, 0.6) is 0 Å². The van der Waals surface area contributed by atoms with Gasteiger partial charge in [0.1, 0.15) is 0 Å². The fourth-order valence-corrected chi connectivity index (χ4v) is 3.45. The van der Waals surface area contributed by atoms with Crippen LogP contribution in [-0.4, -0.2) is 20.8 Å². The Labute approximate surface area is 158 Å². The zero-order chi connectivity index (χ0) is 18.0. The zero-order valence-corrected chi connectivity index (χ0v) is 15.1. The molecule has 9 heteroatoms. The van der Waals surface area contributed by atoms with Crippen molar-refractivity contribution in [3.63, 3.8) is 0 Å². The fraction of sp³-hybridized carbons (Fsp3) is 0.0625. The largest absolute Gasteiger partial charge is 0.366 e. The SMILES string of the molecule is NC(=O)c1ccc(CSc2nnc(-c3ccc(Cl)cc3Cl)n2N)cc1. The van der Waals surface area contributed by atoms with Crippen molar-refractivity contribution in [3.8, 4) is 11.4 Å². The van der Waals surface area contributed by atoms with E-state index < -0.39 is 5.91 Å². The van der Waals surface area contributed by atoms with Gasteiger partial charge in [0.2, 0.25) is 11.1 Å². The van der Waals surface area contributed by atoms with Crippen LogP contribution >= 0.6 is 35.0 Å². The zero-order valence-electron chi connectivity index (χ0n) is 12.8. The molecule has 0 radical (unpaired) electrons. The predicted molar refractivity (Wildman–Crippen MR) is 100 cm³/mol. The van der Waals surface area contributed by atoms with E-state index in [1.807, 2.05) is 12.1 Å². The lowest BCUT2D eigenvalue weighted by molar-refractivity contribution is 0.100. The number of primary amides is 1. The number of nitrogens with two attached hydrogens (primary N) is 2. The van der Waals surface area contributed by atoms with E-state index in [2.05, 4.69) is 10.2 Å². The lowest BCUT2D eigenvalue weighted by Gasteiger charge is -2.06. The van der Waals surface area contributed by atoms with Crippen molar-refractivity contribution in [3.05, 3.63) is 63.6 Å². The second-order valence-corrected chi connectivity index (χ2v) is 6.94. The Balaban J connectivity index is 1.76. The third-order valence-electron chi connectivity index (χ3n) is 3.44. The molecule has 0 bridgehead atoms. The van der Waals surface area contributed by atoms with Gasteiger partial charge in [0.15, 0.2) is 5.82 Å². The number of carbonyl (C=O) groups excluding carboxylic acids is 1. The number of amides is 1. The van der Waals surface area contributed by atoms with Crippen LogP contribution in [0.15, 0.2) is 47.6 Å². The molecule has 4 N–H and O–H groups in total. The molecule has 1 amide bonds. The van der Waals surface area contributed by atoms with Crippen molar-refractivity contribution in [1.82, 2.24) is 14.9 Å². The summed E-state index contributed by atoms with van der Waals surface area (Å²) in [6, 6.07) is 12.1. The predicted octanol–water partition coefficient (Wildman–Crippen LogP) is 3.36. The number of aromatic nitrogens is 3. The highest BCUT2D eigenvalue weighted by atomic mass is 35.5. The van der Waals surface area contributed by atoms with Gasteiger partial charge in [0.05, 0.1) is 5.02 Å². The Kier molecular flexibility index (Phi) is 5.17. The molecule has 3 aromatic rings. The number of nitrogens with zero attached hydrogens (tertiary/aromatic N) is 3. The molecule has 1 aromatic heterocycles. The number of hydrogen-bond acceptors (Lipinski definition) is 5. The minimum absolute atomic E-state index is 0.449. The topological polar surface area (TPSA) is 99.8 Å². The summed E-state index contributed by atoms with van der Waals surface area (Å²) < 4.78 is 1.39. The third-order valence-corrected chi connectivity index (χ3v) is 5.00. The van der Waals surface area contributed by atoms with E-state index in [0.717, 1.165) is 5.56 Å². The smallest absolute Gasteiger partial charge is 0.248 e. The van der Waals surface area contributed by atoms with E-state index in [1.165, 1.54) is 16.4 Å². The highest BCUT2D eigenvalue weighted by molar-refractivity contribution is 7.98. The number of rotatable bonds is 5. The molecule has 0 saturated heterocycles. The van der Waals surface area contributed by atoms with Crippen LogP contribution in [0.1, 0.15) is 15.9 Å². The molecule has 0 aliphatic carbocycles. The van der Waals surface area contributed by atoms with Crippen LogP contribution in [-0.2, 0) is 5.75 Å². The van der Waals surface area contributed by atoms with Crippen molar-refractivity contribution in [2.24, 2.45) is 5.73 Å². The van der Waals surface area contributed by atoms with Crippen molar-refractivity contribution in [2.45, 2.75) is 10.9 Å². The molecule has 3 rings (SSSR count). The van der Waals surface area contributed by atoms with Gasteiger partial charge >= 0.3 is 0 Å². The summed E-state index contributed by atoms with van der Waals surface area (Å²) in [7, 11) is 0. The average molecular weight is 394 g/mol. The normalized spacial score (nSPS) is 10.8. The third kappa shape index (κ3) is 3.89. The average Bonchev–Trinajstić information content (AvgIpc) is 2.94. The van der Waals surface area contributed by atoms with Gasteiger partial charge < -0.3 is 11.6 Å². The van der Waals surface area contributed by atoms with E-state index in [1.54, 1.807) is 30.3 Å². The van der Waals surface area contributed by atoms with E-state index in [0.29, 0.717) is 37.9 Å². The second-order valence-electron chi connectivity index (χ2n) is 5.15. The van der Waals surface area contributed by atoms with Gasteiger partial charge in [0.25, 0.3) is 0 Å². The molecule has 2 aromatic carbocycles. The highest BCUT2D eigenvalue weighted by Crippen LogP contribution is 2.30. The number of thioether (sulfide) groups is 1. The summed E-state index contributed by atoms with van der Waals surface area (Å²) in [5, 5.41) is 9.73. The summed E-state index contributed by atoms with van der Waals surface area (Å²) in [4.78, 5) is 11.1. The summed E-state index contributed by atoms with van der Waals surface area (Å²) in [5.41, 5.74) is 7.35. The molecule has 0 atom stereocenters. The Hall–Kier alpha value is -2.22. The highest BCUT2D eigenvalue weighted by Gasteiger charge is 2.15. The molecule has 0 fully saturated rings. The van der Waals surface area contributed by atoms with Crippen LogP contribution < -0.4 is 11.6 Å². The van der Waals surface area contributed by atoms with Crippen molar-refractivity contribution >= 4 is 40.9 Å². The summed E-state index contributed by atoms with van der Waals surface area (Å²) in [6.45, 7) is 0. The van der Waals surface area contributed by atoms with Crippen LogP contribution in [0.3, 0.4) is 0 Å². The van der Waals surface area contributed by atoms with E-state index >= 15 is 0 Å². The Bertz CT molecular complexity index is 927. The van der Waals surface area contributed by atoms with Gasteiger partial charge in [-0.1, -0.05) is 47.1 Å². The van der Waals surface area contributed by atoms with E-state index in [9.17, 15) is 4.79 Å². The molecule has 1 heterocycles. The minimum Gasteiger partial charge on any atom is -0.366 e. The maximum absolute atomic E-state index is 11.1. The molecular formula is C16H13Cl2N5OS. The van der Waals surface area contributed by atoms with Gasteiger partial charge in [-0.2, -0.15) is 0 Å². The van der Waals surface area contributed by atoms with Crippen LogP contribution in [0, 0.1) is 0 Å². The molecule has 0 unspecified atom stereocenters. The first-order valence-electron chi connectivity index (χ1n) is 7.13. The van der Waals surface area contributed by atoms with Crippen LogP contribution in [0.2, 0.25) is 10.0 Å². The molecule has 6 nitrogen and oxygen atoms in total. The molecule has 25 heavy (non-hydrogen) atoms. The first-order valence-corrected chi connectivity index (χ1v) is 8.87. The van der Waals surface area contributed by atoms with Gasteiger partial charge in [-0.15, -0.1) is 10.2 Å². The lowest BCUT2D eigenvalue weighted by atomic mass is 10.1. The fourth-order valence-electron chi connectivity index (χ4n) is 2.14. The van der Waals surface area contributed by atoms with Gasteiger partial charge in [0, 0.05) is 21.9 Å². The number of benzene rings is 2. The standard InChI is InChI=1S/C16H13Cl2N5OS/c17-11-5-6-12(13(18)7-11)15-21-22-16(23(15)20)25-8-9-1-3-10(4-2-9)14(19)24/h1-7H,8,20H2,(H2,19,24). The van der Waals surface area contributed by atoms with Crippen molar-refractivity contribution < 1.29 is 4.79 Å². The van der Waals surface area contributed by atoms with Crippen molar-refractivity contribution in [2.75, 3.05) is 5.84 Å². The van der Waals surface area contributed by atoms with E-state index in [4.69, 9.17) is 34.8 Å². The first-order chi connectivity index (χ1) is 12.0. The number of nitrogen functional groups attached to an aromatic ring is 1. The maximum Gasteiger partial charge on any atom is 0.248 e. The molecule has 0 spiro atoms. The number of carbonyl (C=O) groups is 1. The Morgan fingerprint density at radius 1 is 1.12 bits per heavy atom. The van der Waals surface area contributed by atoms with Gasteiger partial charge in [-0.25, -0.2) is 4.68 Å². The molecular weight excluding hydrogens is 381 g/mol. The monoisotopic (exact) mass is 393 g/mol. The number of halogens is 2. The van der Waals surface area contributed by atoms with E-state index in [-0.39, 0.29) is 0 Å². The summed E-state index contributed by atoms with van der Waals surface area (Å²) in [6.07, 6.45) is 0.